The Morgan fingerprint density at radius 1 is 1.06 bits per heavy atom. The predicted molar refractivity (Wildman–Crippen MR) is 120 cm³/mol. The molecule has 0 aliphatic carbocycles. The van der Waals surface area contributed by atoms with Gasteiger partial charge in [-0.1, -0.05) is 24.3 Å². The van der Waals surface area contributed by atoms with E-state index < -0.39 is 5.91 Å². The minimum atomic E-state index is -0.818. The molecule has 1 aliphatic heterocycles. The van der Waals surface area contributed by atoms with Gasteiger partial charge in [-0.15, -0.1) is 0 Å². The Morgan fingerprint density at radius 2 is 1.77 bits per heavy atom. The number of benzene rings is 2. The largest absolute Gasteiger partial charge is 0.497 e. The highest BCUT2D eigenvalue weighted by atomic mass is 16.5. The van der Waals surface area contributed by atoms with E-state index in [2.05, 4.69) is 0 Å². The SMILES string of the molecule is COc1ccc(CCCC2=C(C(=N)C(N)=O)CCN(c3ccccc3OC)C2=O)cc1. The van der Waals surface area contributed by atoms with Crippen molar-refractivity contribution < 1.29 is 19.1 Å². The van der Waals surface area contributed by atoms with Crippen molar-refractivity contribution in [3.8, 4) is 11.5 Å². The average Bonchev–Trinajstić information content (AvgIpc) is 2.80. The number of aryl methyl sites for hydroxylation is 1. The molecule has 162 valence electrons. The van der Waals surface area contributed by atoms with Crippen molar-refractivity contribution in [2.24, 2.45) is 5.73 Å². The maximum Gasteiger partial charge on any atom is 0.266 e. The fourth-order valence-corrected chi connectivity index (χ4v) is 3.79. The predicted octanol–water partition coefficient (Wildman–Crippen LogP) is 3.27. The van der Waals surface area contributed by atoms with Crippen LogP contribution in [0, 0.1) is 5.41 Å². The van der Waals surface area contributed by atoms with Gasteiger partial charge in [0.25, 0.3) is 11.8 Å². The van der Waals surface area contributed by atoms with E-state index in [-0.39, 0.29) is 11.6 Å². The van der Waals surface area contributed by atoms with Crippen LogP contribution in [0.3, 0.4) is 0 Å². The summed E-state index contributed by atoms with van der Waals surface area (Å²) in [5.41, 5.74) is 7.78. The Labute approximate surface area is 182 Å². The van der Waals surface area contributed by atoms with Crippen molar-refractivity contribution in [2.45, 2.75) is 25.7 Å². The molecule has 7 nitrogen and oxygen atoms in total. The van der Waals surface area contributed by atoms with E-state index >= 15 is 0 Å². The molecule has 0 spiro atoms. The minimum absolute atomic E-state index is 0.216. The minimum Gasteiger partial charge on any atom is -0.497 e. The lowest BCUT2D eigenvalue weighted by Crippen LogP contribution is -2.40. The van der Waals surface area contributed by atoms with Crippen molar-refractivity contribution in [3.05, 3.63) is 65.2 Å². The van der Waals surface area contributed by atoms with Crippen LogP contribution in [0.15, 0.2) is 59.7 Å². The maximum absolute atomic E-state index is 13.4. The molecular formula is C24H27N3O4. The number of anilines is 1. The molecule has 3 rings (SSSR count). The first-order chi connectivity index (χ1) is 15.0. The molecule has 3 N–H and O–H groups in total. The van der Waals surface area contributed by atoms with Gasteiger partial charge in [-0.2, -0.15) is 0 Å². The molecule has 0 unspecified atom stereocenters. The van der Waals surface area contributed by atoms with Gasteiger partial charge in [0.1, 0.15) is 17.2 Å². The Balaban J connectivity index is 1.84. The third kappa shape index (κ3) is 4.94. The number of carbonyl (C=O) groups excluding carboxylic acids is 2. The molecule has 0 aromatic heterocycles. The van der Waals surface area contributed by atoms with Crippen molar-refractivity contribution in [1.82, 2.24) is 0 Å². The maximum atomic E-state index is 13.4. The molecule has 7 heteroatoms. The van der Waals surface area contributed by atoms with Crippen LogP contribution in [0.4, 0.5) is 5.69 Å². The summed E-state index contributed by atoms with van der Waals surface area (Å²) in [6.45, 7) is 0.353. The second-order valence-corrected chi connectivity index (χ2v) is 7.28. The number of ether oxygens (including phenoxy) is 2. The van der Waals surface area contributed by atoms with E-state index in [1.54, 1.807) is 25.2 Å². The summed E-state index contributed by atoms with van der Waals surface area (Å²) in [4.78, 5) is 26.7. The molecule has 2 amide bonds. The van der Waals surface area contributed by atoms with Crippen molar-refractivity contribution in [2.75, 3.05) is 25.7 Å². The first kappa shape index (κ1) is 22.1. The van der Waals surface area contributed by atoms with Crippen LogP contribution in [-0.2, 0) is 16.0 Å². The summed E-state index contributed by atoms with van der Waals surface area (Å²) >= 11 is 0. The van der Waals surface area contributed by atoms with Crippen LogP contribution in [-0.4, -0.2) is 38.3 Å². The fourth-order valence-electron chi connectivity index (χ4n) is 3.79. The average molecular weight is 421 g/mol. The zero-order valence-electron chi connectivity index (χ0n) is 17.8. The van der Waals surface area contributed by atoms with Gasteiger partial charge in [-0.3, -0.25) is 15.0 Å². The molecule has 2 aromatic rings. The molecule has 1 aliphatic rings. The van der Waals surface area contributed by atoms with E-state index in [9.17, 15) is 9.59 Å². The Bertz CT molecular complexity index is 1010. The van der Waals surface area contributed by atoms with E-state index in [0.717, 1.165) is 17.7 Å². The van der Waals surface area contributed by atoms with Gasteiger partial charge >= 0.3 is 0 Å². The molecular weight excluding hydrogens is 394 g/mol. The molecule has 0 saturated carbocycles. The second kappa shape index (κ2) is 9.93. The second-order valence-electron chi connectivity index (χ2n) is 7.28. The lowest BCUT2D eigenvalue weighted by Gasteiger charge is -2.31. The van der Waals surface area contributed by atoms with Crippen LogP contribution < -0.4 is 20.1 Å². The molecule has 0 bridgehead atoms. The third-order valence-corrected chi connectivity index (χ3v) is 5.43. The van der Waals surface area contributed by atoms with Gasteiger partial charge in [-0.25, -0.2) is 0 Å². The Kier molecular flexibility index (Phi) is 7.07. The van der Waals surface area contributed by atoms with Crippen molar-refractivity contribution >= 4 is 23.2 Å². The number of primary amides is 1. The number of nitrogens with one attached hydrogen (secondary N) is 1. The van der Waals surface area contributed by atoms with Gasteiger partial charge in [0.15, 0.2) is 0 Å². The first-order valence-electron chi connectivity index (χ1n) is 10.1. The molecule has 1 heterocycles. The highest BCUT2D eigenvalue weighted by Gasteiger charge is 2.31. The lowest BCUT2D eigenvalue weighted by atomic mass is 9.90. The summed E-state index contributed by atoms with van der Waals surface area (Å²) in [7, 11) is 3.19. The summed E-state index contributed by atoms with van der Waals surface area (Å²) in [6, 6.07) is 15.1. The molecule has 0 fully saturated rings. The van der Waals surface area contributed by atoms with Crippen LogP contribution in [0.1, 0.15) is 24.8 Å². The quantitative estimate of drug-likeness (QED) is 0.606. The standard InChI is InChI=1S/C24H27N3O4/c1-30-17-12-10-16(11-13-17)6-5-7-19-18(22(25)23(26)28)14-15-27(24(19)29)20-8-3-4-9-21(20)31-2/h3-4,8-13,25H,5-7,14-15H2,1-2H3,(H2,26,28). The lowest BCUT2D eigenvalue weighted by molar-refractivity contribution is -0.115. The highest BCUT2D eigenvalue weighted by molar-refractivity contribution is 6.44. The van der Waals surface area contributed by atoms with Crippen molar-refractivity contribution in [3.63, 3.8) is 0 Å². The summed E-state index contributed by atoms with van der Waals surface area (Å²) in [6.07, 6.45) is 2.29. The van der Waals surface area contributed by atoms with E-state index in [1.807, 2.05) is 42.5 Å². The number of methoxy groups -OCH3 is 2. The van der Waals surface area contributed by atoms with Gasteiger partial charge in [0, 0.05) is 12.1 Å². The fraction of sp³-hybridized carbons (Fsp3) is 0.292. The number of para-hydroxylation sites is 2. The first-order valence-corrected chi connectivity index (χ1v) is 10.1. The Hall–Kier alpha value is -3.61. The van der Waals surface area contributed by atoms with Gasteiger partial charge in [-0.05, 0) is 61.1 Å². The molecule has 0 saturated heterocycles. The molecule has 31 heavy (non-hydrogen) atoms. The van der Waals surface area contributed by atoms with Crippen LogP contribution >= 0.6 is 0 Å². The monoisotopic (exact) mass is 421 g/mol. The summed E-state index contributed by atoms with van der Waals surface area (Å²) in [5, 5.41) is 8.11. The molecule has 0 radical (unpaired) electrons. The van der Waals surface area contributed by atoms with E-state index in [4.69, 9.17) is 20.6 Å². The highest BCUT2D eigenvalue weighted by Crippen LogP contribution is 2.34. The number of carbonyl (C=O) groups is 2. The Morgan fingerprint density at radius 3 is 2.42 bits per heavy atom. The zero-order valence-corrected chi connectivity index (χ0v) is 17.8. The zero-order chi connectivity index (χ0) is 22.4. The number of nitrogens with zero attached hydrogens (tertiary/aromatic N) is 1. The number of hydrogen-bond acceptors (Lipinski definition) is 5. The smallest absolute Gasteiger partial charge is 0.266 e. The number of rotatable bonds is 9. The van der Waals surface area contributed by atoms with Gasteiger partial charge < -0.3 is 20.1 Å². The van der Waals surface area contributed by atoms with Gasteiger partial charge in [0.2, 0.25) is 0 Å². The topological polar surface area (TPSA) is 106 Å². The number of hydrogen-bond donors (Lipinski definition) is 2. The molecule has 0 atom stereocenters. The van der Waals surface area contributed by atoms with Crippen LogP contribution in [0.2, 0.25) is 0 Å². The van der Waals surface area contributed by atoms with Gasteiger partial charge in [0.05, 0.1) is 19.9 Å². The normalized spacial score (nSPS) is 13.9. The number of nitrogens with two attached hydrogens (primary N) is 1. The van der Waals surface area contributed by atoms with E-state index in [0.29, 0.717) is 48.4 Å². The van der Waals surface area contributed by atoms with E-state index in [1.165, 1.54) is 0 Å². The van der Waals surface area contributed by atoms with Crippen LogP contribution in [0.5, 0.6) is 11.5 Å². The molecule has 2 aromatic carbocycles. The number of amides is 2. The van der Waals surface area contributed by atoms with Crippen LogP contribution in [0.25, 0.3) is 0 Å². The third-order valence-electron chi connectivity index (χ3n) is 5.43. The van der Waals surface area contributed by atoms with Crippen molar-refractivity contribution in [1.29, 1.82) is 5.41 Å². The summed E-state index contributed by atoms with van der Waals surface area (Å²) in [5.74, 6) is 0.355. The summed E-state index contributed by atoms with van der Waals surface area (Å²) < 4.78 is 10.6.